The van der Waals surface area contributed by atoms with Gasteiger partial charge in [0.05, 0.1) is 11.4 Å². The first kappa shape index (κ1) is 16.4. The number of nitrogens with two attached hydrogens (primary N) is 1. The highest BCUT2D eigenvalue weighted by Gasteiger charge is 2.11. The molecule has 4 N–H and O–H groups in total. The van der Waals surface area contributed by atoms with E-state index in [4.69, 9.17) is 5.73 Å². The molecule has 3 rings (SSSR count). The molecule has 0 bridgehead atoms. The Balaban J connectivity index is 1.83. The van der Waals surface area contributed by atoms with E-state index in [1.165, 1.54) is 36.4 Å². The molecule has 0 atom stereocenters. The maximum atomic E-state index is 14.0. The molecule has 0 saturated carbocycles. The summed E-state index contributed by atoms with van der Waals surface area (Å²) in [6.07, 6.45) is 0. The van der Waals surface area contributed by atoms with E-state index in [0.29, 0.717) is 16.9 Å². The SMILES string of the molecule is Nc1ccc(F)c(Nc2ccc(F)c(NC(=O)c3ccccc3)c2)c1. The predicted octanol–water partition coefficient (Wildman–Crippen LogP) is 4.54. The van der Waals surface area contributed by atoms with Gasteiger partial charge in [-0.15, -0.1) is 0 Å². The zero-order valence-corrected chi connectivity index (χ0v) is 13.1. The lowest BCUT2D eigenvalue weighted by atomic mass is 10.2. The van der Waals surface area contributed by atoms with Crippen molar-refractivity contribution in [3.05, 3.63) is 83.9 Å². The minimum Gasteiger partial charge on any atom is -0.399 e. The third kappa shape index (κ3) is 3.92. The van der Waals surface area contributed by atoms with Crippen LogP contribution < -0.4 is 16.4 Å². The third-order valence-electron chi connectivity index (χ3n) is 3.52. The number of hydrogen-bond donors (Lipinski definition) is 3. The Morgan fingerprint density at radius 3 is 2.28 bits per heavy atom. The van der Waals surface area contributed by atoms with Crippen LogP contribution in [0.5, 0.6) is 0 Å². The molecule has 126 valence electrons. The molecule has 0 unspecified atom stereocenters. The van der Waals surface area contributed by atoms with Crippen molar-refractivity contribution >= 4 is 28.7 Å². The number of hydrogen-bond acceptors (Lipinski definition) is 3. The highest BCUT2D eigenvalue weighted by atomic mass is 19.1. The number of carbonyl (C=O) groups is 1. The molecule has 0 aliphatic heterocycles. The fourth-order valence-electron chi connectivity index (χ4n) is 2.28. The van der Waals surface area contributed by atoms with Crippen molar-refractivity contribution in [2.24, 2.45) is 0 Å². The number of amides is 1. The summed E-state index contributed by atoms with van der Waals surface area (Å²) >= 11 is 0. The second-order valence-electron chi connectivity index (χ2n) is 5.38. The van der Waals surface area contributed by atoms with Crippen LogP contribution in [0.15, 0.2) is 66.7 Å². The molecular formula is C19H15F2N3O. The number of nitrogens with one attached hydrogen (secondary N) is 2. The maximum absolute atomic E-state index is 14.0. The van der Waals surface area contributed by atoms with Crippen molar-refractivity contribution in [2.45, 2.75) is 0 Å². The Kier molecular flexibility index (Phi) is 4.61. The van der Waals surface area contributed by atoms with Crippen molar-refractivity contribution in [2.75, 3.05) is 16.4 Å². The molecule has 3 aromatic rings. The van der Waals surface area contributed by atoms with Gasteiger partial charge < -0.3 is 16.4 Å². The van der Waals surface area contributed by atoms with Crippen molar-refractivity contribution in [1.82, 2.24) is 0 Å². The predicted molar refractivity (Wildman–Crippen MR) is 94.9 cm³/mol. The van der Waals surface area contributed by atoms with Gasteiger partial charge >= 0.3 is 0 Å². The average molecular weight is 339 g/mol. The van der Waals surface area contributed by atoms with Gasteiger partial charge in [0, 0.05) is 16.9 Å². The van der Waals surface area contributed by atoms with Crippen LogP contribution in [-0.4, -0.2) is 5.91 Å². The second kappa shape index (κ2) is 7.00. The Bertz CT molecular complexity index is 914. The summed E-state index contributed by atoms with van der Waals surface area (Å²) in [6, 6.07) is 16.6. The van der Waals surface area contributed by atoms with Gasteiger partial charge in [-0.1, -0.05) is 18.2 Å². The lowest BCUT2D eigenvalue weighted by Gasteiger charge is -2.12. The van der Waals surface area contributed by atoms with Gasteiger partial charge in [0.1, 0.15) is 11.6 Å². The van der Waals surface area contributed by atoms with Crippen LogP contribution in [-0.2, 0) is 0 Å². The number of nitrogen functional groups attached to an aromatic ring is 1. The van der Waals surface area contributed by atoms with Crippen LogP contribution in [0, 0.1) is 11.6 Å². The molecule has 0 aromatic heterocycles. The van der Waals surface area contributed by atoms with Crippen LogP contribution >= 0.6 is 0 Å². The molecule has 0 radical (unpaired) electrons. The lowest BCUT2D eigenvalue weighted by molar-refractivity contribution is 0.102. The van der Waals surface area contributed by atoms with Gasteiger partial charge in [0.15, 0.2) is 0 Å². The Morgan fingerprint density at radius 2 is 1.52 bits per heavy atom. The van der Waals surface area contributed by atoms with E-state index in [1.807, 2.05) is 0 Å². The number of carbonyl (C=O) groups excluding carboxylic acids is 1. The van der Waals surface area contributed by atoms with E-state index in [2.05, 4.69) is 10.6 Å². The molecule has 3 aromatic carbocycles. The van der Waals surface area contributed by atoms with Crippen molar-refractivity contribution in [3.8, 4) is 0 Å². The molecule has 6 heteroatoms. The van der Waals surface area contributed by atoms with Gasteiger partial charge in [-0.2, -0.15) is 0 Å². The number of anilines is 4. The van der Waals surface area contributed by atoms with E-state index in [0.717, 1.165) is 0 Å². The summed E-state index contributed by atoms with van der Waals surface area (Å²) in [7, 11) is 0. The Hall–Kier alpha value is -3.41. The minimum atomic E-state index is -0.595. The summed E-state index contributed by atoms with van der Waals surface area (Å²) in [4.78, 5) is 12.2. The maximum Gasteiger partial charge on any atom is 0.255 e. The average Bonchev–Trinajstić information content (AvgIpc) is 2.61. The topological polar surface area (TPSA) is 67.2 Å². The quantitative estimate of drug-likeness (QED) is 0.611. The summed E-state index contributed by atoms with van der Waals surface area (Å²) in [5.74, 6) is -1.52. The first-order valence-corrected chi connectivity index (χ1v) is 7.51. The summed E-state index contributed by atoms with van der Waals surface area (Å²) in [6.45, 7) is 0. The van der Waals surface area contributed by atoms with Gasteiger partial charge in [-0.3, -0.25) is 4.79 Å². The van der Waals surface area contributed by atoms with E-state index < -0.39 is 17.5 Å². The van der Waals surface area contributed by atoms with Crippen molar-refractivity contribution < 1.29 is 13.6 Å². The number of benzene rings is 3. The molecule has 25 heavy (non-hydrogen) atoms. The first-order chi connectivity index (χ1) is 12.0. The van der Waals surface area contributed by atoms with Crippen LogP contribution in [0.1, 0.15) is 10.4 Å². The largest absolute Gasteiger partial charge is 0.399 e. The fraction of sp³-hybridized carbons (Fsp3) is 0. The molecule has 0 aliphatic carbocycles. The Labute approximate surface area is 143 Å². The van der Waals surface area contributed by atoms with Crippen molar-refractivity contribution in [3.63, 3.8) is 0 Å². The van der Waals surface area contributed by atoms with Gasteiger partial charge in [0.2, 0.25) is 0 Å². The van der Waals surface area contributed by atoms with Crippen LogP contribution in [0.4, 0.5) is 31.5 Å². The van der Waals surface area contributed by atoms with Crippen molar-refractivity contribution in [1.29, 1.82) is 0 Å². The van der Waals surface area contributed by atoms with E-state index >= 15 is 0 Å². The minimum absolute atomic E-state index is 0.0110. The van der Waals surface area contributed by atoms with Crippen LogP contribution in [0.3, 0.4) is 0 Å². The van der Waals surface area contributed by atoms with E-state index in [1.54, 1.807) is 30.3 Å². The van der Waals surface area contributed by atoms with Crippen LogP contribution in [0.25, 0.3) is 0 Å². The smallest absolute Gasteiger partial charge is 0.255 e. The Morgan fingerprint density at radius 1 is 0.840 bits per heavy atom. The number of rotatable bonds is 4. The fourth-order valence-corrected chi connectivity index (χ4v) is 2.28. The number of halogens is 2. The first-order valence-electron chi connectivity index (χ1n) is 7.51. The zero-order valence-electron chi connectivity index (χ0n) is 13.1. The molecule has 0 aliphatic rings. The van der Waals surface area contributed by atoms with Gasteiger partial charge in [0.25, 0.3) is 5.91 Å². The third-order valence-corrected chi connectivity index (χ3v) is 3.52. The van der Waals surface area contributed by atoms with Gasteiger partial charge in [-0.05, 0) is 48.5 Å². The summed E-state index contributed by atoms with van der Waals surface area (Å²) < 4.78 is 27.8. The molecule has 0 spiro atoms. The summed E-state index contributed by atoms with van der Waals surface area (Å²) in [5.41, 5.74) is 7.00. The van der Waals surface area contributed by atoms with Gasteiger partial charge in [-0.25, -0.2) is 8.78 Å². The summed E-state index contributed by atoms with van der Waals surface area (Å²) in [5, 5.41) is 5.33. The molecule has 0 heterocycles. The van der Waals surface area contributed by atoms with E-state index in [9.17, 15) is 13.6 Å². The standard InChI is InChI=1S/C19H15F2N3O/c20-15-8-6-13(22)10-17(15)23-14-7-9-16(21)18(11-14)24-19(25)12-4-2-1-3-5-12/h1-11,23H,22H2,(H,24,25). The van der Waals surface area contributed by atoms with Crippen LogP contribution in [0.2, 0.25) is 0 Å². The lowest BCUT2D eigenvalue weighted by Crippen LogP contribution is -2.13. The molecule has 1 amide bonds. The second-order valence-corrected chi connectivity index (χ2v) is 5.38. The molecule has 0 saturated heterocycles. The highest BCUT2D eigenvalue weighted by Crippen LogP contribution is 2.26. The molecular weight excluding hydrogens is 324 g/mol. The zero-order chi connectivity index (χ0) is 17.8. The normalized spacial score (nSPS) is 10.3. The molecule has 0 fully saturated rings. The monoisotopic (exact) mass is 339 g/mol. The molecule has 4 nitrogen and oxygen atoms in total. The highest BCUT2D eigenvalue weighted by molar-refractivity contribution is 6.04. The van der Waals surface area contributed by atoms with E-state index in [-0.39, 0.29) is 11.4 Å².